The summed E-state index contributed by atoms with van der Waals surface area (Å²) < 4.78 is 8.76. The van der Waals surface area contributed by atoms with Crippen molar-refractivity contribution in [3.8, 4) is 5.69 Å². The highest BCUT2D eigenvalue weighted by atomic mass is 16.3. The number of fused-ring (bicyclic) bond motifs is 8. The fourth-order valence-electron chi connectivity index (χ4n) is 6.71. The molecule has 7 aromatic carbocycles. The molecule has 0 aliphatic rings. The van der Waals surface area contributed by atoms with Gasteiger partial charge in [-0.25, -0.2) is 0 Å². The topological polar surface area (TPSA) is 21.3 Å². The summed E-state index contributed by atoms with van der Waals surface area (Å²) in [7, 11) is 0. The average Bonchev–Trinajstić information content (AvgIpc) is 3.62. The third-order valence-electron chi connectivity index (χ3n) is 8.55. The molecule has 43 heavy (non-hydrogen) atoms. The van der Waals surface area contributed by atoms with Gasteiger partial charge in [0.1, 0.15) is 11.2 Å². The van der Waals surface area contributed by atoms with Crippen molar-refractivity contribution in [3.63, 3.8) is 0 Å². The lowest BCUT2D eigenvalue weighted by atomic mass is 10.0. The molecule has 0 N–H and O–H groups in total. The number of nitrogens with zero attached hydrogens (tertiary/aromatic N) is 2. The Bertz CT molecular complexity index is 2450. The van der Waals surface area contributed by atoms with E-state index < -0.39 is 0 Å². The Morgan fingerprint density at radius 1 is 0.442 bits per heavy atom. The summed E-state index contributed by atoms with van der Waals surface area (Å²) >= 11 is 0. The molecule has 0 fully saturated rings. The van der Waals surface area contributed by atoms with Crippen LogP contribution in [0.3, 0.4) is 0 Å². The molecule has 3 nitrogen and oxygen atoms in total. The van der Waals surface area contributed by atoms with E-state index in [-0.39, 0.29) is 0 Å². The van der Waals surface area contributed by atoms with Crippen molar-refractivity contribution in [2.75, 3.05) is 4.90 Å². The molecule has 0 aliphatic heterocycles. The molecule has 0 amide bonds. The lowest BCUT2D eigenvalue weighted by molar-refractivity contribution is 0.669. The summed E-state index contributed by atoms with van der Waals surface area (Å²) in [4.78, 5) is 2.37. The van der Waals surface area contributed by atoms with Gasteiger partial charge in [0, 0.05) is 44.7 Å². The van der Waals surface area contributed by atoms with Gasteiger partial charge < -0.3 is 13.9 Å². The van der Waals surface area contributed by atoms with Gasteiger partial charge in [0.15, 0.2) is 0 Å². The van der Waals surface area contributed by atoms with Crippen LogP contribution >= 0.6 is 0 Å². The van der Waals surface area contributed by atoms with E-state index in [0.29, 0.717) is 0 Å². The van der Waals surface area contributed by atoms with Crippen LogP contribution in [0.2, 0.25) is 0 Å². The lowest BCUT2D eigenvalue weighted by Gasteiger charge is -2.26. The fraction of sp³-hybridized carbons (Fsp3) is 0. The second-order valence-electron chi connectivity index (χ2n) is 11.0. The predicted octanol–water partition coefficient (Wildman–Crippen LogP) is 11.3. The van der Waals surface area contributed by atoms with Gasteiger partial charge >= 0.3 is 0 Å². The zero-order chi connectivity index (χ0) is 28.3. The minimum atomic E-state index is 0.879. The van der Waals surface area contributed by atoms with Gasteiger partial charge in [-0.2, -0.15) is 0 Å². The molecule has 0 radical (unpaired) electrons. The number of rotatable bonds is 4. The fourth-order valence-corrected chi connectivity index (χ4v) is 6.71. The monoisotopic (exact) mass is 550 g/mol. The molecule has 202 valence electrons. The van der Waals surface area contributed by atoms with E-state index in [9.17, 15) is 0 Å². The molecule has 2 heterocycles. The molecule has 0 unspecified atom stereocenters. The average molecular weight is 551 g/mol. The van der Waals surface area contributed by atoms with Gasteiger partial charge in [-0.1, -0.05) is 91.0 Å². The Labute approximate surface area is 248 Å². The number of para-hydroxylation sites is 3. The Balaban J connectivity index is 1.41. The van der Waals surface area contributed by atoms with Crippen molar-refractivity contribution in [1.82, 2.24) is 4.57 Å². The van der Waals surface area contributed by atoms with E-state index in [2.05, 4.69) is 155 Å². The van der Waals surface area contributed by atoms with Crippen molar-refractivity contribution in [3.05, 3.63) is 158 Å². The molecule has 0 saturated heterocycles. The van der Waals surface area contributed by atoms with Crippen molar-refractivity contribution in [2.45, 2.75) is 0 Å². The highest BCUT2D eigenvalue weighted by Crippen LogP contribution is 2.46. The molecular formula is C40H26N2O. The van der Waals surface area contributed by atoms with Gasteiger partial charge in [-0.05, 0) is 71.4 Å². The number of hydrogen-bond donors (Lipinski definition) is 0. The maximum atomic E-state index is 6.36. The minimum absolute atomic E-state index is 0.879. The Morgan fingerprint density at radius 2 is 1.14 bits per heavy atom. The molecule has 0 atom stereocenters. The number of aromatic nitrogens is 1. The Morgan fingerprint density at radius 3 is 2.00 bits per heavy atom. The zero-order valence-electron chi connectivity index (χ0n) is 23.3. The van der Waals surface area contributed by atoms with E-state index in [1.807, 2.05) is 12.1 Å². The van der Waals surface area contributed by atoms with Crippen molar-refractivity contribution in [1.29, 1.82) is 0 Å². The molecule has 0 bridgehead atoms. The summed E-state index contributed by atoms with van der Waals surface area (Å²) in [6.07, 6.45) is 0. The third kappa shape index (κ3) is 3.62. The van der Waals surface area contributed by atoms with Crippen LogP contribution in [0.1, 0.15) is 0 Å². The largest absolute Gasteiger partial charge is 0.456 e. The molecule has 3 heteroatoms. The molecule has 0 spiro atoms. The van der Waals surface area contributed by atoms with Crippen LogP contribution in [0.5, 0.6) is 0 Å². The quantitative estimate of drug-likeness (QED) is 0.217. The summed E-state index contributed by atoms with van der Waals surface area (Å²) in [5, 5.41) is 7.19. The van der Waals surface area contributed by atoms with Crippen molar-refractivity contribution < 1.29 is 4.42 Å². The smallest absolute Gasteiger partial charge is 0.137 e. The van der Waals surface area contributed by atoms with Gasteiger partial charge in [0.25, 0.3) is 0 Å². The van der Waals surface area contributed by atoms with E-state index in [1.54, 1.807) is 0 Å². The molecule has 9 rings (SSSR count). The maximum Gasteiger partial charge on any atom is 0.137 e. The molecule has 2 aromatic heterocycles. The summed E-state index contributed by atoms with van der Waals surface area (Å²) in [5.41, 5.74) is 8.54. The lowest BCUT2D eigenvalue weighted by Crippen LogP contribution is -2.10. The van der Waals surface area contributed by atoms with Gasteiger partial charge in [-0.3, -0.25) is 0 Å². The first-order valence-electron chi connectivity index (χ1n) is 14.6. The number of hydrogen-bond acceptors (Lipinski definition) is 2. The second kappa shape index (κ2) is 9.37. The number of benzene rings is 7. The molecular weight excluding hydrogens is 524 g/mol. The Hall–Kier alpha value is -5.80. The summed E-state index contributed by atoms with van der Waals surface area (Å²) in [5.74, 6) is 0. The van der Waals surface area contributed by atoms with E-state index in [1.165, 1.54) is 32.6 Å². The molecule has 9 aromatic rings. The minimum Gasteiger partial charge on any atom is -0.456 e. The number of furan rings is 1. The molecule has 0 saturated carbocycles. The van der Waals surface area contributed by atoms with Gasteiger partial charge in [0.2, 0.25) is 0 Å². The Kier molecular flexibility index (Phi) is 5.20. The van der Waals surface area contributed by atoms with E-state index in [0.717, 1.165) is 44.7 Å². The van der Waals surface area contributed by atoms with E-state index >= 15 is 0 Å². The van der Waals surface area contributed by atoms with Crippen LogP contribution in [-0.4, -0.2) is 4.57 Å². The van der Waals surface area contributed by atoms with Crippen LogP contribution in [0.15, 0.2) is 162 Å². The standard InChI is InChI=1S/C40H26N2O/c1-3-13-28(14-4-1)41(30-23-24-33-32-18-9-10-21-37(32)43-38(33)26-30)34-19-11-20-35-40(34)39-31-17-8-7-12-27(31)22-25-36(39)42(35)29-15-5-2-6-16-29/h1-26H. The van der Waals surface area contributed by atoms with Gasteiger partial charge in [0.05, 0.1) is 16.7 Å². The van der Waals surface area contributed by atoms with E-state index in [4.69, 9.17) is 4.42 Å². The van der Waals surface area contributed by atoms with Crippen LogP contribution < -0.4 is 4.90 Å². The van der Waals surface area contributed by atoms with Gasteiger partial charge in [-0.15, -0.1) is 0 Å². The first-order chi connectivity index (χ1) is 21.3. The first-order valence-corrected chi connectivity index (χ1v) is 14.6. The maximum absolute atomic E-state index is 6.36. The predicted molar refractivity (Wildman–Crippen MR) is 180 cm³/mol. The highest BCUT2D eigenvalue weighted by Gasteiger charge is 2.22. The normalized spacial score (nSPS) is 11.7. The second-order valence-corrected chi connectivity index (χ2v) is 11.0. The summed E-state index contributed by atoms with van der Waals surface area (Å²) in [6, 6.07) is 56.0. The van der Waals surface area contributed by atoms with Crippen LogP contribution in [-0.2, 0) is 0 Å². The molecule has 0 aliphatic carbocycles. The first kappa shape index (κ1) is 23.9. The summed E-state index contributed by atoms with van der Waals surface area (Å²) in [6.45, 7) is 0. The SMILES string of the molecule is c1ccc(N(c2ccc3c(c2)oc2ccccc23)c2cccc3c2c2c4ccccc4ccc2n3-c2ccccc2)cc1. The highest BCUT2D eigenvalue weighted by molar-refractivity contribution is 6.25. The van der Waals surface area contributed by atoms with Crippen molar-refractivity contribution in [2.24, 2.45) is 0 Å². The van der Waals surface area contributed by atoms with Crippen LogP contribution in [0, 0.1) is 0 Å². The third-order valence-corrected chi connectivity index (χ3v) is 8.55. The number of anilines is 3. The van der Waals surface area contributed by atoms with Crippen LogP contribution in [0.25, 0.3) is 60.2 Å². The van der Waals surface area contributed by atoms with Crippen molar-refractivity contribution >= 4 is 71.6 Å². The zero-order valence-corrected chi connectivity index (χ0v) is 23.3. The van der Waals surface area contributed by atoms with Crippen LogP contribution in [0.4, 0.5) is 17.1 Å².